The van der Waals surface area contributed by atoms with Gasteiger partial charge in [0.05, 0.1) is 0 Å². The van der Waals surface area contributed by atoms with Crippen molar-refractivity contribution < 1.29 is 4.79 Å². The quantitative estimate of drug-likeness (QED) is 0.134. The predicted molar refractivity (Wildman–Crippen MR) is 264 cm³/mol. The van der Waals surface area contributed by atoms with E-state index in [1.807, 2.05) is 81.7 Å². The van der Waals surface area contributed by atoms with Gasteiger partial charge in [-0.05, 0) is 105 Å². The highest BCUT2D eigenvalue weighted by atomic mass is 32.1. The van der Waals surface area contributed by atoms with Crippen LogP contribution in [0.4, 0.5) is 0 Å². The number of hydrogen-bond donors (Lipinski definition) is 0. The Kier molecular flexibility index (Phi) is 9.94. The third kappa shape index (κ3) is 6.97. The minimum atomic E-state index is 0.0482. The summed E-state index contributed by atoms with van der Waals surface area (Å²) >= 11 is 10.9. The Morgan fingerprint density at radius 1 is 0.233 bits per heavy atom. The summed E-state index contributed by atoms with van der Waals surface area (Å²) in [4.78, 5) is 27.7. The van der Waals surface area contributed by atoms with E-state index in [0.717, 1.165) is 55.7 Å². The number of thiophene rings is 6. The summed E-state index contributed by atoms with van der Waals surface area (Å²) in [5.41, 5.74) is 9.61. The first-order chi connectivity index (χ1) is 29.6. The molecule has 6 heterocycles. The summed E-state index contributed by atoms with van der Waals surface area (Å²) in [5, 5.41) is 4.27. The fourth-order valence-electron chi connectivity index (χ4n) is 7.84. The summed E-state index contributed by atoms with van der Waals surface area (Å²) in [6.45, 7) is 0. The van der Waals surface area contributed by atoms with E-state index in [2.05, 4.69) is 156 Å². The topological polar surface area (TPSA) is 17.1 Å². The zero-order valence-electron chi connectivity index (χ0n) is 31.8. The van der Waals surface area contributed by atoms with E-state index >= 15 is 0 Å². The van der Waals surface area contributed by atoms with E-state index in [4.69, 9.17) is 0 Å². The molecule has 6 aromatic heterocycles. The van der Waals surface area contributed by atoms with Gasteiger partial charge in [0, 0.05) is 71.1 Å². The largest absolute Gasteiger partial charge is 0.289 e. The predicted octanol–water partition coefficient (Wildman–Crippen LogP) is 17.2. The van der Waals surface area contributed by atoms with Crippen LogP contribution in [0.3, 0.4) is 0 Å². The van der Waals surface area contributed by atoms with Crippen molar-refractivity contribution in [3.63, 3.8) is 0 Å². The molecule has 60 heavy (non-hydrogen) atoms. The molecule has 10 aromatic rings. The normalized spacial score (nSPS) is 12.9. The number of allylic oxidation sites excluding steroid dienone is 4. The average molecular weight is 877 g/mol. The van der Waals surface area contributed by atoms with Crippen molar-refractivity contribution in [2.75, 3.05) is 0 Å². The van der Waals surface area contributed by atoms with Gasteiger partial charge < -0.3 is 0 Å². The maximum Gasteiger partial charge on any atom is 0.195 e. The molecule has 0 aliphatic heterocycles. The minimum Gasteiger partial charge on any atom is -0.289 e. The molecule has 7 heteroatoms. The van der Waals surface area contributed by atoms with Gasteiger partial charge in [-0.25, -0.2) is 0 Å². The Morgan fingerprint density at radius 3 is 0.883 bits per heavy atom. The number of ketones is 1. The second kappa shape index (κ2) is 16.0. The summed E-state index contributed by atoms with van der Waals surface area (Å²) in [7, 11) is 0. The SMILES string of the molecule is O=C1C(c2ccccc2)=C(c2ccc(-c3ccc(-c4ccc(-c5cccs5)s4)s3)cc2)C(c2ccc(-c3ccc(-c4ccc(-c5cccs5)s4)s3)cc2)=C1c1ccccc1. The molecule has 4 aromatic carbocycles. The first-order valence-electron chi connectivity index (χ1n) is 19.5. The summed E-state index contributed by atoms with van der Waals surface area (Å²) < 4.78 is 0. The number of hydrogen-bond acceptors (Lipinski definition) is 7. The van der Waals surface area contributed by atoms with Crippen molar-refractivity contribution in [2.24, 2.45) is 0 Å². The fourth-order valence-corrected chi connectivity index (χ4v) is 13.7. The van der Waals surface area contributed by atoms with Crippen LogP contribution in [-0.4, -0.2) is 5.78 Å². The highest BCUT2D eigenvalue weighted by Crippen LogP contribution is 2.51. The van der Waals surface area contributed by atoms with E-state index in [1.54, 1.807) is 22.7 Å². The lowest BCUT2D eigenvalue weighted by atomic mass is 9.88. The summed E-state index contributed by atoms with van der Waals surface area (Å²) in [6.07, 6.45) is 0. The van der Waals surface area contributed by atoms with Crippen LogP contribution >= 0.6 is 68.0 Å². The van der Waals surface area contributed by atoms with Crippen molar-refractivity contribution in [1.82, 2.24) is 0 Å². The molecule has 11 rings (SSSR count). The van der Waals surface area contributed by atoms with Crippen LogP contribution in [0.15, 0.2) is 193 Å². The molecular weight excluding hydrogens is 845 g/mol. The molecule has 0 atom stereocenters. The van der Waals surface area contributed by atoms with Gasteiger partial charge in [0.15, 0.2) is 5.78 Å². The molecule has 1 nitrogen and oxygen atoms in total. The molecule has 0 spiro atoms. The molecule has 0 saturated carbocycles. The molecule has 1 aliphatic rings. The third-order valence-corrected chi connectivity index (χ3v) is 17.6. The zero-order chi connectivity index (χ0) is 40.0. The van der Waals surface area contributed by atoms with Gasteiger partial charge in [-0.2, -0.15) is 0 Å². The number of Topliss-reactive ketones (excluding diaryl/α,β-unsaturated/α-hetero) is 1. The van der Waals surface area contributed by atoms with Crippen LogP contribution in [0.5, 0.6) is 0 Å². The van der Waals surface area contributed by atoms with Gasteiger partial charge in [-0.15, -0.1) is 68.0 Å². The van der Waals surface area contributed by atoms with Crippen LogP contribution in [0, 0.1) is 0 Å². The van der Waals surface area contributed by atoms with E-state index in [0.29, 0.717) is 0 Å². The van der Waals surface area contributed by atoms with Crippen molar-refractivity contribution in [3.8, 4) is 59.9 Å². The molecule has 0 unspecified atom stereocenters. The standard InChI is InChI=1S/C53H32OS6/c54-53-51(35-9-3-1-4-10-35)49(37-19-15-33(16-20-37)39-23-25-45(57-39)47-29-27-43(59-47)41-13-7-31-55-41)50(52(53)36-11-5-2-6-12-36)38-21-17-34(18-22-38)40-24-26-46(58-40)48-30-28-44(60-48)42-14-8-32-56-42/h1-32H. The lowest BCUT2D eigenvalue weighted by Gasteiger charge is -2.15. The number of carbonyl (C=O) groups excluding carboxylic acids is 1. The second-order valence-electron chi connectivity index (χ2n) is 14.3. The highest BCUT2D eigenvalue weighted by Gasteiger charge is 2.35. The van der Waals surface area contributed by atoms with Crippen molar-refractivity contribution in [3.05, 3.63) is 215 Å². The Morgan fingerprint density at radius 2 is 0.533 bits per heavy atom. The Bertz CT molecular complexity index is 2950. The Balaban J connectivity index is 0.966. The number of benzene rings is 4. The van der Waals surface area contributed by atoms with Crippen LogP contribution in [-0.2, 0) is 4.79 Å². The van der Waals surface area contributed by atoms with Gasteiger partial charge in [-0.3, -0.25) is 4.79 Å². The maximum absolute atomic E-state index is 15.0. The smallest absolute Gasteiger partial charge is 0.195 e. The van der Waals surface area contributed by atoms with Crippen LogP contribution < -0.4 is 0 Å². The van der Waals surface area contributed by atoms with Gasteiger partial charge >= 0.3 is 0 Å². The van der Waals surface area contributed by atoms with Gasteiger partial charge in [0.25, 0.3) is 0 Å². The minimum absolute atomic E-state index is 0.0482. The zero-order valence-corrected chi connectivity index (χ0v) is 36.7. The fraction of sp³-hybridized carbons (Fsp3) is 0. The van der Waals surface area contributed by atoms with Crippen molar-refractivity contribution >= 4 is 96.1 Å². The van der Waals surface area contributed by atoms with Gasteiger partial charge in [-0.1, -0.05) is 121 Å². The number of carbonyl (C=O) groups is 1. The van der Waals surface area contributed by atoms with Crippen LogP contribution in [0.25, 0.3) is 82.2 Å². The first-order valence-corrected chi connectivity index (χ1v) is 24.5. The Labute approximate surface area is 372 Å². The summed E-state index contributed by atoms with van der Waals surface area (Å²) in [5.74, 6) is 0.0482. The Hall–Kier alpha value is -5.77. The maximum atomic E-state index is 15.0. The molecule has 0 N–H and O–H groups in total. The summed E-state index contributed by atoms with van der Waals surface area (Å²) in [6, 6.07) is 64.4. The lowest BCUT2D eigenvalue weighted by Crippen LogP contribution is -2.01. The highest BCUT2D eigenvalue weighted by molar-refractivity contribution is 7.27. The van der Waals surface area contributed by atoms with Crippen LogP contribution in [0.1, 0.15) is 22.3 Å². The molecule has 0 amide bonds. The molecule has 286 valence electrons. The molecular formula is C53H32OS6. The van der Waals surface area contributed by atoms with E-state index in [1.165, 1.54) is 48.8 Å². The monoisotopic (exact) mass is 876 g/mol. The first kappa shape index (κ1) is 37.2. The lowest BCUT2D eigenvalue weighted by molar-refractivity contribution is -0.108. The molecule has 0 saturated heterocycles. The van der Waals surface area contributed by atoms with Gasteiger partial charge in [0.1, 0.15) is 0 Å². The molecule has 0 radical (unpaired) electrons. The van der Waals surface area contributed by atoms with Gasteiger partial charge in [0.2, 0.25) is 0 Å². The second-order valence-corrected chi connectivity index (χ2v) is 20.6. The average Bonchev–Trinajstić information content (AvgIpc) is 4.14. The number of rotatable bonds is 10. The van der Waals surface area contributed by atoms with Crippen molar-refractivity contribution in [1.29, 1.82) is 0 Å². The molecule has 0 fully saturated rings. The van der Waals surface area contributed by atoms with Crippen molar-refractivity contribution in [2.45, 2.75) is 0 Å². The molecule has 0 bridgehead atoms. The van der Waals surface area contributed by atoms with Crippen LogP contribution in [0.2, 0.25) is 0 Å². The van der Waals surface area contributed by atoms with E-state index < -0.39 is 0 Å². The molecule has 1 aliphatic carbocycles. The van der Waals surface area contributed by atoms with E-state index in [-0.39, 0.29) is 5.78 Å². The third-order valence-electron chi connectivity index (χ3n) is 10.7. The van der Waals surface area contributed by atoms with E-state index in [9.17, 15) is 4.79 Å².